The maximum Gasteiger partial charge on any atom is 0.250 e. The Morgan fingerprint density at radius 1 is 0.967 bits per heavy atom. The molecule has 7 nitrogen and oxygen atoms in total. The highest BCUT2D eigenvalue weighted by Gasteiger charge is 2.51. The van der Waals surface area contributed by atoms with Gasteiger partial charge in [-0.05, 0) is 91.7 Å². The highest BCUT2D eigenvalue weighted by Crippen LogP contribution is 2.55. The third kappa shape index (κ3) is 3.19. The fourth-order valence-corrected chi connectivity index (χ4v) is 7.08. The normalized spacial score (nSPS) is 33.1. The summed E-state index contributed by atoms with van der Waals surface area (Å²) >= 11 is 0. The number of piperidine rings is 1. The second-order valence-electron chi connectivity index (χ2n) is 10.2. The van der Waals surface area contributed by atoms with Gasteiger partial charge in [0.25, 0.3) is 0 Å². The first-order chi connectivity index (χ1) is 14.7. The van der Waals surface area contributed by atoms with Crippen LogP contribution in [0.5, 0.6) is 0 Å². The van der Waals surface area contributed by atoms with Crippen LogP contribution in [0.15, 0.2) is 30.3 Å². The van der Waals surface area contributed by atoms with E-state index in [2.05, 4.69) is 25.7 Å². The maximum absolute atomic E-state index is 13.2. The average molecular weight is 407 g/mol. The Balaban J connectivity index is 1.10. The van der Waals surface area contributed by atoms with Crippen LogP contribution in [0.25, 0.3) is 5.69 Å². The van der Waals surface area contributed by atoms with Crippen LogP contribution < -0.4 is 10.2 Å². The number of amides is 1. The van der Waals surface area contributed by atoms with Crippen molar-refractivity contribution in [2.24, 2.45) is 23.7 Å². The number of para-hydroxylation sites is 1. The lowest BCUT2D eigenvalue weighted by Crippen LogP contribution is -2.61. The van der Waals surface area contributed by atoms with Crippen LogP contribution in [0.4, 0.5) is 5.95 Å². The molecule has 1 aromatic heterocycles. The zero-order chi connectivity index (χ0) is 20.1. The number of carbonyl (C=O) groups is 1. The zero-order valence-electron chi connectivity index (χ0n) is 17.4. The molecule has 0 spiro atoms. The molecule has 0 radical (unpaired) electrons. The molecule has 1 N–H and O–H groups in total. The molecule has 1 amide bonds. The van der Waals surface area contributed by atoms with Crippen molar-refractivity contribution in [1.82, 2.24) is 25.5 Å². The molecule has 158 valence electrons. The lowest BCUT2D eigenvalue weighted by Gasteiger charge is -2.57. The largest absolute Gasteiger partial charge is 0.350 e. The van der Waals surface area contributed by atoms with Gasteiger partial charge in [-0.15, -0.1) is 0 Å². The van der Waals surface area contributed by atoms with Gasteiger partial charge in [-0.1, -0.05) is 23.3 Å². The second kappa shape index (κ2) is 7.06. The van der Waals surface area contributed by atoms with Gasteiger partial charge < -0.3 is 10.2 Å². The lowest BCUT2D eigenvalue weighted by molar-refractivity contribution is -0.131. The number of hydrogen-bond donors (Lipinski definition) is 1. The predicted molar refractivity (Wildman–Crippen MR) is 113 cm³/mol. The number of carbonyl (C=O) groups excluding carboxylic acids is 1. The van der Waals surface area contributed by atoms with E-state index in [9.17, 15) is 4.79 Å². The monoisotopic (exact) mass is 406 g/mol. The summed E-state index contributed by atoms with van der Waals surface area (Å²) in [5, 5.41) is 15.9. The molecule has 0 atom stereocenters. The van der Waals surface area contributed by atoms with Gasteiger partial charge in [0.15, 0.2) is 0 Å². The third-order valence-corrected chi connectivity index (χ3v) is 8.03. The van der Waals surface area contributed by atoms with Crippen LogP contribution in [-0.2, 0) is 4.79 Å². The molecule has 2 heterocycles. The van der Waals surface area contributed by atoms with Crippen LogP contribution in [-0.4, -0.2) is 44.7 Å². The van der Waals surface area contributed by atoms with Gasteiger partial charge >= 0.3 is 0 Å². The molecule has 4 aliphatic carbocycles. The molecule has 4 bridgehead atoms. The molecule has 7 heteroatoms. The van der Waals surface area contributed by atoms with Gasteiger partial charge in [0.2, 0.25) is 11.9 Å². The minimum atomic E-state index is 0.107. The highest BCUT2D eigenvalue weighted by atomic mass is 16.2. The molecule has 5 fully saturated rings. The summed E-state index contributed by atoms with van der Waals surface area (Å²) in [6.45, 7) is 1.62. The fraction of sp³-hybridized carbons (Fsp3) is 0.652. The number of nitrogens with zero attached hydrogens (tertiary/aromatic N) is 5. The Morgan fingerprint density at radius 3 is 2.23 bits per heavy atom. The number of hydrogen-bond acceptors (Lipinski definition) is 5. The number of nitrogens with one attached hydrogen (secondary N) is 1. The minimum absolute atomic E-state index is 0.107. The fourth-order valence-electron chi connectivity index (χ4n) is 7.08. The van der Waals surface area contributed by atoms with Gasteiger partial charge in [-0.3, -0.25) is 4.79 Å². The van der Waals surface area contributed by atoms with Crippen molar-refractivity contribution >= 4 is 11.9 Å². The van der Waals surface area contributed by atoms with Crippen LogP contribution in [0.1, 0.15) is 51.4 Å². The molecule has 5 aliphatic rings. The first-order valence-corrected chi connectivity index (χ1v) is 11.6. The van der Waals surface area contributed by atoms with E-state index in [1.165, 1.54) is 38.5 Å². The summed E-state index contributed by atoms with van der Waals surface area (Å²) in [5.41, 5.74) is 1.07. The van der Waals surface area contributed by atoms with Gasteiger partial charge in [0.1, 0.15) is 0 Å². The molecule has 1 aromatic carbocycles. The molecule has 30 heavy (non-hydrogen) atoms. The Morgan fingerprint density at radius 2 is 1.60 bits per heavy atom. The number of anilines is 1. The van der Waals surface area contributed by atoms with Crippen molar-refractivity contribution in [3.05, 3.63) is 30.3 Å². The first-order valence-electron chi connectivity index (χ1n) is 11.6. The summed E-state index contributed by atoms with van der Waals surface area (Å²) < 4.78 is 1.79. The van der Waals surface area contributed by atoms with E-state index in [1.807, 2.05) is 30.3 Å². The average Bonchev–Trinajstić information content (AvgIpc) is 3.23. The van der Waals surface area contributed by atoms with Gasteiger partial charge in [0, 0.05) is 24.5 Å². The van der Waals surface area contributed by atoms with E-state index in [1.54, 1.807) is 4.68 Å². The third-order valence-electron chi connectivity index (χ3n) is 8.03. The Labute approximate surface area is 177 Å². The maximum atomic E-state index is 13.2. The molecule has 4 saturated carbocycles. The van der Waals surface area contributed by atoms with Gasteiger partial charge in [-0.25, -0.2) is 0 Å². The number of rotatable bonds is 4. The molecule has 1 aliphatic heterocycles. The lowest BCUT2D eigenvalue weighted by atomic mass is 9.53. The molecular weight excluding hydrogens is 376 g/mol. The molecule has 7 rings (SSSR count). The van der Waals surface area contributed by atoms with Crippen molar-refractivity contribution < 1.29 is 4.79 Å². The van der Waals surface area contributed by atoms with E-state index >= 15 is 0 Å². The summed E-state index contributed by atoms with van der Waals surface area (Å²) in [6.07, 6.45) is 9.59. The van der Waals surface area contributed by atoms with Crippen LogP contribution in [0, 0.1) is 23.7 Å². The van der Waals surface area contributed by atoms with Gasteiger partial charge in [-0.2, -0.15) is 4.68 Å². The topological polar surface area (TPSA) is 75.9 Å². The van der Waals surface area contributed by atoms with Crippen molar-refractivity contribution in [1.29, 1.82) is 0 Å². The van der Waals surface area contributed by atoms with Crippen molar-refractivity contribution in [3.63, 3.8) is 0 Å². The number of tetrazole rings is 1. The Bertz CT molecular complexity index is 882. The summed E-state index contributed by atoms with van der Waals surface area (Å²) in [4.78, 5) is 15.4. The van der Waals surface area contributed by atoms with Crippen molar-refractivity contribution in [3.8, 4) is 5.69 Å². The quantitative estimate of drug-likeness (QED) is 0.845. The first kappa shape index (κ1) is 18.3. The summed E-state index contributed by atoms with van der Waals surface area (Å²) in [6, 6.07) is 9.97. The summed E-state index contributed by atoms with van der Waals surface area (Å²) in [5.74, 6) is 3.73. The van der Waals surface area contributed by atoms with E-state index in [-0.39, 0.29) is 11.5 Å². The molecule has 2 aromatic rings. The smallest absolute Gasteiger partial charge is 0.250 e. The van der Waals surface area contributed by atoms with Gasteiger partial charge in [0.05, 0.1) is 5.69 Å². The van der Waals surface area contributed by atoms with Crippen LogP contribution in [0.2, 0.25) is 0 Å². The van der Waals surface area contributed by atoms with E-state index < -0.39 is 0 Å². The summed E-state index contributed by atoms with van der Waals surface area (Å²) in [7, 11) is 0. The number of benzene rings is 1. The van der Waals surface area contributed by atoms with Crippen molar-refractivity contribution in [2.75, 3.05) is 18.0 Å². The van der Waals surface area contributed by atoms with Crippen LogP contribution >= 0.6 is 0 Å². The number of aromatic nitrogens is 4. The molecule has 1 saturated heterocycles. The van der Waals surface area contributed by atoms with E-state index in [0.29, 0.717) is 5.91 Å². The predicted octanol–water partition coefficient (Wildman–Crippen LogP) is 2.96. The standard InChI is InChI=1S/C23H30N6O/c30-21(24-23-13-16-10-17(14-23)12-18(11-16)15-23)19-6-8-28(9-7-19)22-25-26-27-29(22)20-4-2-1-3-5-20/h1-5,16-19H,6-15H2,(H,24,30). The minimum Gasteiger partial charge on any atom is -0.350 e. The zero-order valence-corrected chi connectivity index (χ0v) is 17.4. The SMILES string of the molecule is O=C(NC12CC3CC(CC(C3)C1)C2)C1CCN(c2nnnn2-c2ccccc2)CC1. The Hall–Kier alpha value is -2.44. The Kier molecular flexibility index (Phi) is 4.32. The molecule has 0 unspecified atom stereocenters. The van der Waals surface area contributed by atoms with E-state index in [0.717, 1.165) is 55.3 Å². The highest BCUT2D eigenvalue weighted by molar-refractivity contribution is 5.80. The van der Waals surface area contributed by atoms with E-state index in [4.69, 9.17) is 0 Å². The second-order valence-corrected chi connectivity index (χ2v) is 10.2. The molecular formula is C23H30N6O. The van der Waals surface area contributed by atoms with Crippen molar-refractivity contribution in [2.45, 2.75) is 56.9 Å². The van der Waals surface area contributed by atoms with Crippen LogP contribution in [0.3, 0.4) is 0 Å².